The average molecular weight is 263 g/mol. The van der Waals surface area contributed by atoms with Gasteiger partial charge in [0.1, 0.15) is 5.82 Å². The Morgan fingerprint density at radius 1 is 1.32 bits per heavy atom. The average Bonchev–Trinajstić information content (AvgIpc) is 2.80. The molecule has 0 radical (unpaired) electrons. The second-order valence-corrected chi connectivity index (χ2v) is 6.71. The summed E-state index contributed by atoms with van der Waals surface area (Å²) in [7, 11) is 0. The van der Waals surface area contributed by atoms with E-state index in [4.69, 9.17) is 0 Å². The van der Waals surface area contributed by atoms with E-state index in [2.05, 4.69) is 48.8 Å². The van der Waals surface area contributed by atoms with E-state index in [0.29, 0.717) is 0 Å². The van der Waals surface area contributed by atoms with Crippen molar-refractivity contribution in [2.24, 2.45) is 23.7 Å². The monoisotopic (exact) mass is 263 g/mol. The van der Waals surface area contributed by atoms with Crippen molar-refractivity contribution in [3.05, 3.63) is 18.2 Å². The van der Waals surface area contributed by atoms with Gasteiger partial charge in [-0.15, -0.1) is 0 Å². The molecular formula is C16H29N3. The number of hydrogen-bond acceptors (Lipinski definition) is 2. The molecule has 0 saturated carbocycles. The predicted octanol–water partition coefficient (Wildman–Crippen LogP) is 2.96. The molecule has 0 spiro atoms. The summed E-state index contributed by atoms with van der Waals surface area (Å²) in [6, 6.07) is 0. The van der Waals surface area contributed by atoms with Gasteiger partial charge in [0.05, 0.1) is 0 Å². The van der Waals surface area contributed by atoms with Crippen LogP contribution in [0.25, 0.3) is 0 Å². The summed E-state index contributed by atoms with van der Waals surface area (Å²) in [5.74, 6) is 4.33. The summed E-state index contributed by atoms with van der Waals surface area (Å²) in [5, 5.41) is 3.70. The maximum absolute atomic E-state index is 4.44. The molecule has 19 heavy (non-hydrogen) atoms. The minimum absolute atomic E-state index is 0.759. The van der Waals surface area contributed by atoms with Gasteiger partial charge in [-0.25, -0.2) is 4.98 Å². The lowest BCUT2D eigenvalue weighted by Crippen LogP contribution is -2.35. The first kappa shape index (κ1) is 14.6. The summed E-state index contributed by atoms with van der Waals surface area (Å²) < 4.78 is 2.29. The fourth-order valence-electron chi connectivity index (χ4n) is 3.29. The number of nitrogens with one attached hydrogen (secondary N) is 1. The van der Waals surface area contributed by atoms with Crippen LogP contribution in [0.4, 0.5) is 0 Å². The maximum Gasteiger partial charge on any atom is 0.108 e. The summed E-state index contributed by atoms with van der Waals surface area (Å²) in [5.41, 5.74) is 0. The molecule has 108 valence electrons. The lowest BCUT2D eigenvalue weighted by Gasteiger charge is -2.28. The van der Waals surface area contributed by atoms with Crippen molar-refractivity contribution in [2.75, 3.05) is 13.1 Å². The van der Waals surface area contributed by atoms with Gasteiger partial charge in [-0.05, 0) is 43.2 Å². The minimum atomic E-state index is 0.759. The van der Waals surface area contributed by atoms with Gasteiger partial charge in [0.25, 0.3) is 0 Å². The normalized spacial score (nSPS) is 19.4. The maximum atomic E-state index is 4.44. The summed E-state index contributed by atoms with van der Waals surface area (Å²) in [6.07, 6.45) is 6.45. The van der Waals surface area contributed by atoms with Crippen LogP contribution in [0.3, 0.4) is 0 Å². The van der Waals surface area contributed by atoms with E-state index in [9.17, 15) is 0 Å². The first-order valence-corrected chi connectivity index (χ1v) is 7.78. The zero-order valence-electron chi connectivity index (χ0n) is 12.9. The highest BCUT2D eigenvalue weighted by molar-refractivity contribution is 4.97. The van der Waals surface area contributed by atoms with E-state index in [1.165, 1.54) is 12.2 Å². The van der Waals surface area contributed by atoms with Gasteiger partial charge in [-0.3, -0.25) is 0 Å². The third kappa shape index (κ3) is 3.82. The van der Waals surface area contributed by atoms with Crippen LogP contribution in [0.5, 0.6) is 0 Å². The Morgan fingerprint density at radius 3 is 2.74 bits per heavy atom. The molecule has 1 aromatic rings. The second-order valence-electron chi connectivity index (χ2n) is 6.71. The van der Waals surface area contributed by atoms with Crippen molar-refractivity contribution in [3.63, 3.8) is 0 Å². The fourth-order valence-corrected chi connectivity index (χ4v) is 3.29. The Hall–Kier alpha value is -0.830. The van der Waals surface area contributed by atoms with Gasteiger partial charge in [-0.2, -0.15) is 0 Å². The van der Waals surface area contributed by atoms with Gasteiger partial charge in [-0.1, -0.05) is 27.7 Å². The van der Waals surface area contributed by atoms with E-state index in [1.807, 2.05) is 6.20 Å². The van der Waals surface area contributed by atoms with Gasteiger partial charge >= 0.3 is 0 Å². The van der Waals surface area contributed by atoms with E-state index in [0.717, 1.165) is 49.7 Å². The summed E-state index contributed by atoms with van der Waals surface area (Å²) >= 11 is 0. The smallest absolute Gasteiger partial charge is 0.108 e. The van der Waals surface area contributed by atoms with E-state index in [1.54, 1.807) is 0 Å². The Kier molecular flexibility index (Phi) is 5.03. The number of rotatable bonds is 6. The Labute approximate surface area is 117 Å². The van der Waals surface area contributed by atoms with Crippen molar-refractivity contribution in [3.8, 4) is 0 Å². The quantitative estimate of drug-likeness (QED) is 0.855. The number of nitrogens with zero attached hydrogens (tertiary/aromatic N) is 2. The highest BCUT2D eigenvalue weighted by Crippen LogP contribution is 2.21. The highest BCUT2D eigenvalue weighted by Gasteiger charge is 2.21. The van der Waals surface area contributed by atoms with Gasteiger partial charge in [0.15, 0.2) is 0 Å². The largest absolute Gasteiger partial charge is 0.335 e. The lowest BCUT2D eigenvalue weighted by atomic mass is 9.85. The Morgan fingerprint density at radius 2 is 2.05 bits per heavy atom. The first-order chi connectivity index (χ1) is 9.08. The van der Waals surface area contributed by atoms with Crippen LogP contribution in [-0.4, -0.2) is 22.6 Å². The number of imidazole rings is 1. The first-order valence-electron chi connectivity index (χ1n) is 7.78. The van der Waals surface area contributed by atoms with E-state index < -0.39 is 0 Å². The molecule has 0 bridgehead atoms. The molecule has 2 rings (SSSR count). The fraction of sp³-hybridized carbons (Fsp3) is 0.812. The molecule has 3 heteroatoms. The molecule has 1 unspecified atom stereocenters. The van der Waals surface area contributed by atoms with Crippen LogP contribution in [-0.2, 0) is 13.0 Å². The van der Waals surface area contributed by atoms with Crippen molar-refractivity contribution >= 4 is 0 Å². The second kappa shape index (κ2) is 6.56. The molecule has 0 amide bonds. The Bertz CT molecular complexity index is 373. The van der Waals surface area contributed by atoms with Crippen LogP contribution >= 0.6 is 0 Å². The molecule has 1 atom stereocenters. The van der Waals surface area contributed by atoms with E-state index in [-0.39, 0.29) is 0 Å². The number of hydrogen-bond donors (Lipinski definition) is 1. The SMILES string of the molecule is CC(C)C(CNCC1CCn2ccnc2C1)C(C)C. The number of aryl methyl sites for hydroxylation is 1. The number of fused-ring (bicyclic) bond motifs is 1. The van der Waals surface area contributed by atoms with Crippen LogP contribution < -0.4 is 5.32 Å². The molecule has 2 heterocycles. The predicted molar refractivity (Wildman–Crippen MR) is 80.1 cm³/mol. The van der Waals surface area contributed by atoms with Gasteiger partial charge < -0.3 is 9.88 Å². The third-order valence-corrected chi connectivity index (χ3v) is 4.58. The van der Waals surface area contributed by atoms with Crippen molar-refractivity contribution in [1.29, 1.82) is 0 Å². The Balaban J connectivity index is 1.75. The molecule has 1 aliphatic heterocycles. The highest BCUT2D eigenvalue weighted by atomic mass is 15.1. The third-order valence-electron chi connectivity index (χ3n) is 4.58. The molecule has 3 nitrogen and oxygen atoms in total. The zero-order chi connectivity index (χ0) is 13.8. The van der Waals surface area contributed by atoms with Crippen LogP contribution in [0, 0.1) is 23.7 Å². The molecule has 1 aromatic heterocycles. The molecule has 1 aliphatic rings. The topological polar surface area (TPSA) is 29.9 Å². The lowest BCUT2D eigenvalue weighted by molar-refractivity contribution is 0.263. The van der Waals surface area contributed by atoms with Crippen molar-refractivity contribution in [2.45, 2.75) is 47.1 Å². The van der Waals surface area contributed by atoms with Gasteiger partial charge in [0.2, 0.25) is 0 Å². The molecule has 0 saturated heterocycles. The van der Waals surface area contributed by atoms with E-state index >= 15 is 0 Å². The number of aromatic nitrogens is 2. The van der Waals surface area contributed by atoms with Crippen molar-refractivity contribution in [1.82, 2.24) is 14.9 Å². The zero-order valence-corrected chi connectivity index (χ0v) is 12.9. The van der Waals surface area contributed by atoms with Crippen molar-refractivity contribution < 1.29 is 0 Å². The molecule has 0 aliphatic carbocycles. The molecule has 0 fully saturated rings. The summed E-state index contributed by atoms with van der Waals surface area (Å²) in [4.78, 5) is 4.44. The van der Waals surface area contributed by atoms with Gasteiger partial charge in [0, 0.05) is 25.4 Å². The summed E-state index contributed by atoms with van der Waals surface area (Å²) in [6.45, 7) is 12.8. The molecule has 0 aromatic carbocycles. The van der Waals surface area contributed by atoms with Crippen LogP contribution in [0.1, 0.15) is 39.9 Å². The van der Waals surface area contributed by atoms with Crippen LogP contribution in [0.2, 0.25) is 0 Å². The standard InChI is InChI=1S/C16H29N3/c1-12(2)15(13(3)4)11-17-10-14-5-7-19-8-6-18-16(19)9-14/h6,8,12-15,17H,5,7,9-11H2,1-4H3. The molecular weight excluding hydrogens is 234 g/mol. The van der Waals surface area contributed by atoms with Crippen LogP contribution in [0.15, 0.2) is 12.4 Å². The minimum Gasteiger partial charge on any atom is -0.335 e. The molecule has 1 N–H and O–H groups in total.